The van der Waals surface area contributed by atoms with E-state index in [4.69, 9.17) is 0 Å². The van der Waals surface area contributed by atoms with E-state index in [0.717, 1.165) is 25.7 Å². The van der Waals surface area contributed by atoms with Gasteiger partial charge in [-0.1, -0.05) is 32.1 Å². The summed E-state index contributed by atoms with van der Waals surface area (Å²) in [6, 6.07) is 0.413. The van der Waals surface area contributed by atoms with Crippen molar-refractivity contribution < 1.29 is 4.79 Å². The number of hydrogen-bond donors (Lipinski definition) is 0. The maximum absolute atomic E-state index is 12.4. The van der Waals surface area contributed by atoms with Crippen molar-refractivity contribution >= 4 is 11.6 Å². The fourth-order valence-electron chi connectivity index (χ4n) is 3.49. The highest BCUT2D eigenvalue weighted by Gasteiger charge is 2.39. The quantitative estimate of drug-likeness (QED) is 0.686. The summed E-state index contributed by atoms with van der Waals surface area (Å²) in [5.74, 6) is 0.466. The molecule has 1 atom stereocenters. The molecule has 0 spiro atoms. The van der Waals surface area contributed by atoms with Crippen molar-refractivity contribution in [3.8, 4) is 0 Å². The molecule has 3 rings (SSSR count). The number of hydrogen-bond acceptors (Lipinski definition) is 2. The highest BCUT2D eigenvalue weighted by atomic mass is 16.2. The molecular formula is C14H22N2O. The van der Waals surface area contributed by atoms with Gasteiger partial charge in [0.1, 0.15) is 0 Å². The van der Waals surface area contributed by atoms with E-state index in [1.807, 2.05) is 5.01 Å². The summed E-state index contributed by atoms with van der Waals surface area (Å²) in [4.78, 5) is 12.4. The van der Waals surface area contributed by atoms with Gasteiger partial charge < -0.3 is 0 Å². The van der Waals surface area contributed by atoms with E-state index >= 15 is 0 Å². The van der Waals surface area contributed by atoms with Gasteiger partial charge in [-0.25, -0.2) is 5.01 Å². The molecule has 0 saturated heterocycles. The maximum atomic E-state index is 12.4. The SMILES string of the molecule is O=C1C2CCCCCC2=NN1C1CCCCC1. The van der Waals surface area contributed by atoms with Crippen molar-refractivity contribution in [3.05, 3.63) is 0 Å². The van der Waals surface area contributed by atoms with Gasteiger partial charge in [0.25, 0.3) is 5.91 Å². The van der Waals surface area contributed by atoms with Crippen molar-refractivity contribution in [1.82, 2.24) is 5.01 Å². The lowest BCUT2D eigenvalue weighted by Crippen LogP contribution is -2.37. The van der Waals surface area contributed by atoms with Gasteiger partial charge in [-0.15, -0.1) is 0 Å². The Morgan fingerprint density at radius 2 is 1.65 bits per heavy atom. The van der Waals surface area contributed by atoms with Gasteiger partial charge >= 0.3 is 0 Å². The first-order valence-corrected chi connectivity index (χ1v) is 7.27. The molecule has 3 nitrogen and oxygen atoms in total. The average molecular weight is 234 g/mol. The lowest BCUT2D eigenvalue weighted by Gasteiger charge is -2.28. The molecule has 1 amide bonds. The first-order valence-electron chi connectivity index (χ1n) is 7.27. The van der Waals surface area contributed by atoms with Gasteiger partial charge in [-0.2, -0.15) is 5.10 Å². The van der Waals surface area contributed by atoms with Gasteiger partial charge in [0, 0.05) is 0 Å². The zero-order valence-electron chi connectivity index (χ0n) is 10.5. The highest BCUT2D eigenvalue weighted by molar-refractivity contribution is 6.08. The second kappa shape index (κ2) is 4.79. The number of carbonyl (C=O) groups is 1. The Labute approximate surface area is 103 Å². The number of fused-ring (bicyclic) bond motifs is 1. The number of amides is 1. The fourth-order valence-corrected chi connectivity index (χ4v) is 3.49. The Morgan fingerprint density at radius 3 is 2.47 bits per heavy atom. The lowest BCUT2D eigenvalue weighted by molar-refractivity contribution is -0.134. The molecule has 0 aromatic heterocycles. The number of hydrazone groups is 1. The molecule has 3 aliphatic rings. The van der Waals surface area contributed by atoms with Crippen LogP contribution in [-0.2, 0) is 4.79 Å². The van der Waals surface area contributed by atoms with Crippen LogP contribution in [0.1, 0.15) is 64.2 Å². The third kappa shape index (κ3) is 2.12. The predicted octanol–water partition coefficient (Wildman–Crippen LogP) is 3.10. The molecule has 2 aliphatic carbocycles. The van der Waals surface area contributed by atoms with E-state index in [0.29, 0.717) is 11.9 Å². The second-order valence-corrected chi connectivity index (χ2v) is 5.72. The smallest absolute Gasteiger partial charge is 0.251 e. The summed E-state index contributed by atoms with van der Waals surface area (Å²) in [5.41, 5.74) is 1.19. The van der Waals surface area contributed by atoms with E-state index in [9.17, 15) is 4.79 Å². The minimum absolute atomic E-state index is 0.152. The van der Waals surface area contributed by atoms with Crippen LogP contribution in [0.5, 0.6) is 0 Å². The van der Waals surface area contributed by atoms with E-state index in [1.54, 1.807) is 0 Å². The number of rotatable bonds is 1. The molecule has 0 bridgehead atoms. The molecule has 0 aromatic rings. The van der Waals surface area contributed by atoms with E-state index < -0.39 is 0 Å². The van der Waals surface area contributed by atoms with E-state index in [2.05, 4.69) is 5.10 Å². The van der Waals surface area contributed by atoms with Crippen molar-refractivity contribution in [3.63, 3.8) is 0 Å². The minimum Gasteiger partial charge on any atom is -0.272 e. The van der Waals surface area contributed by atoms with Crippen LogP contribution in [0.25, 0.3) is 0 Å². The Bertz CT molecular complexity index is 331. The molecule has 0 radical (unpaired) electrons. The average Bonchev–Trinajstić information content (AvgIpc) is 2.56. The van der Waals surface area contributed by atoms with Crippen LogP contribution in [0.3, 0.4) is 0 Å². The molecular weight excluding hydrogens is 212 g/mol. The topological polar surface area (TPSA) is 32.7 Å². The molecule has 1 aliphatic heterocycles. The van der Waals surface area contributed by atoms with Crippen molar-refractivity contribution in [2.45, 2.75) is 70.3 Å². The minimum atomic E-state index is 0.152. The van der Waals surface area contributed by atoms with Gasteiger partial charge in [-0.05, 0) is 32.1 Å². The molecule has 1 heterocycles. The van der Waals surface area contributed by atoms with Crippen LogP contribution in [0.2, 0.25) is 0 Å². The normalized spacial score (nSPS) is 31.1. The summed E-state index contributed by atoms with van der Waals surface area (Å²) < 4.78 is 0. The maximum Gasteiger partial charge on any atom is 0.251 e. The Kier molecular flexibility index (Phi) is 3.17. The van der Waals surface area contributed by atoms with Crippen LogP contribution in [0.15, 0.2) is 5.10 Å². The third-order valence-corrected chi connectivity index (χ3v) is 4.51. The molecule has 17 heavy (non-hydrogen) atoms. The Hall–Kier alpha value is -0.860. The van der Waals surface area contributed by atoms with Crippen LogP contribution in [0.4, 0.5) is 0 Å². The summed E-state index contributed by atoms with van der Waals surface area (Å²) in [7, 11) is 0. The molecule has 0 aromatic carbocycles. The largest absolute Gasteiger partial charge is 0.272 e. The molecule has 2 saturated carbocycles. The molecule has 3 heteroatoms. The van der Waals surface area contributed by atoms with Gasteiger partial charge in [-0.3, -0.25) is 4.79 Å². The number of nitrogens with zero attached hydrogens (tertiary/aromatic N) is 2. The third-order valence-electron chi connectivity index (χ3n) is 4.51. The monoisotopic (exact) mass is 234 g/mol. The lowest BCUT2D eigenvalue weighted by atomic mass is 9.93. The van der Waals surface area contributed by atoms with E-state index in [1.165, 1.54) is 44.2 Å². The van der Waals surface area contributed by atoms with Gasteiger partial charge in [0.2, 0.25) is 0 Å². The van der Waals surface area contributed by atoms with Gasteiger partial charge in [0.15, 0.2) is 0 Å². The molecule has 0 N–H and O–H groups in total. The molecule has 94 valence electrons. The van der Waals surface area contributed by atoms with Crippen LogP contribution in [-0.4, -0.2) is 22.7 Å². The second-order valence-electron chi connectivity index (χ2n) is 5.72. The van der Waals surface area contributed by atoms with Crippen molar-refractivity contribution in [1.29, 1.82) is 0 Å². The summed E-state index contributed by atoms with van der Waals surface area (Å²) in [6.45, 7) is 0. The first kappa shape index (κ1) is 11.2. The van der Waals surface area contributed by atoms with Crippen LogP contribution < -0.4 is 0 Å². The zero-order chi connectivity index (χ0) is 11.7. The van der Waals surface area contributed by atoms with Crippen molar-refractivity contribution in [2.24, 2.45) is 11.0 Å². The molecule has 2 fully saturated rings. The summed E-state index contributed by atoms with van der Waals surface area (Å²) >= 11 is 0. The van der Waals surface area contributed by atoms with Crippen LogP contribution >= 0.6 is 0 Å². The van der Waals surface area contributed by atoms with Crippen molar-refractivity contribution in [2.75, 3.05) is 0 Å². The first-order chi connectivity index (χ1) is 8.36. The highest BCUT2D eigenvalue weighted by Crippen LogP contribution is 2.32. The fraction of sp³-hybridized carbons (Fsp3) is 0.857. The standard InChI is InChI=1S/C14H22N2O/c17-14-12-9-5-2-6-10-13(12)15-16(14)11-7-3-1-4-8-11/h11-12H,1-10H2. The molecule has 1 unspecified atom stereocenters. The number of carbonyl (C=O) groups excluding carboxylic acids is 1. The Morgan fingerprint density at radius 1 is 0.941 bits per heavy atom. The predicted molar refractivity (Wildman–Crippen MR) is 67.7 cm³/mol. The summed E-state index contributed by atoms with van der Waals surface area (Å²) in [5, 5.41) is 6.54. The summed E-state index contributed by atoms with van der Waals surface area (Å²) in [6.07, 6.45) is 12.0. The van der Waals surface area contributed by atoms with Crippen LogP contribution in [0, 0.1) is 5.92 Å². The van der Waals surface area contributed by atoms with E-state index in [-0.39, 0.29) is 5.92 Å². The van der Waals surface area contributed by atoms with Gasteiger partial charge in [0.05, 0.1) is 17.7 Å². The Balaban J connectivity index is 1.75. The zero-order valence-corrected chi connectivity index (χ0v) is 10.5.